The average Bonchev–Trinajstić information content (AvgIpc) is 3.10. The van der Waals surface area contributed by atoms with Crippen LogP contribution in [0, 0.1) is 5.41 Å². The lowest BCUT2D eigenvalue weighted by molar-refractivity contribution is -0.165. The molecule has 13 heteroatoms. The Bertz CT molecular complexity index is 1500. The zero-order valence-corrected chi connectivity index (χ0v) is 27.9. The third-order valence-corrected chi connectivity index (χ3v) is 7.92. The number of ketones is 1. The van der Waals surface area contributed by atoms with Crippen molar-refractivity contribution in [2.75, 3.05) is 41.1 Å². The first-order chi connectivity index (χ1) is 22.9. The summed E-state index contributed by atoms with van der Waals surface area (Å²) < 4.78 is 33.2. The van der Waals surface area contributed by atoms with Crippen molar-refractivity contribution in [2.24, 2.45) is 5.41 Å². The van der Waals surface area contributed by atoms with E-state index in [4.69, 9.17) is 33.5 Å². The number of nitrogens with zero attached hydrogens (tertiary/aromatic N) is 1. The predicted octanol–water partition coefficient (Wildman–Crippen LogP) is 4.10. The smallest absolute Gasteiger partial charge is 0.341 e. The third kappa shape index (κ3) is 9.49. The highest BCUT2D eigenvalue weighted by Gasteiger charge is 2.42. The minimum Gasteiger partial charge on any atom is -0.496 e. The molecular formula is C35H43NO12. The van der Waals surface area contributed by atoms with Gasteiger partial charge in [0.15, 0.2) is 18.1 Å². The molecule has 2 aromatic rings. The second-order valence-electron chi connectivity index (χ2n) is 11.7. The van der Waals surface area contributed by atoms with Crippen LogP contribution < -0.4 is 18.9 Å². The zero-order chi connectivity index (χ0) is 35.4. The normalized spacial score (nSPS) is 15.0. The first-order valence-corrected chi connectivity index (χ1v) is 15.4. The Balaban J connectivity index is 1.92. The van der Waals surface area contributed by atoms with E-state index in [2.05, 4.69) is 6.58 Å². The number of aliphatic carboxylic acids is 1. The third-order valence-electron chi connectivity index (χ3n) is 7.92. The number of ether oxygens (including phenoxy) is 6. The largest absolute Gasteiger partial charge is 0.496 e. The van der Waals surface area contributed by atoms with Crippen molar-refractivity contribution in [2.45, 2.75) is 58.1 Å². The maximum atomic E-state index is 13.9. The number of Topliss-reactive ketones (excluding diaryl/α,β-unsaturated/α-hetero) is 1. The predicted molar refractivity (Wildman–Crippen MR) is 172 cm³/mol. The molecule has 48 heavy (non-hydrogen) atoms. The Morgan fingerprint density at radius 3 is 2.38 bits per heavy atom. The summed E-state index contributed by atoms with van der Waals surface area (Å²) in [6, 6.07) is 8.93. The van der Waals surface area contributed by atoms with Gasteiger partial charge >= 0.3 is 17.9 Å². The molecule has 0 saturated carbocycles. The Hall–Kier alpha value is -5.07. The maximum Gasteiger partial charge on any atom is 0.341 e. The van der Waals surface area contributed by atoms with Crippen LogP contribution in [0.3, 0.4) is 0 Å². The molecule has 2 atom stereocenters. The summed E-state index contributed by atoms with van der Waals surface area (Å²) in [5.41, 5.74) is -0.171. The molecule has 0 aliphatic carbocycles. The second kappa shape index (κ2) is 17.2. The molecule has 1 amide bonds. The van der Waals surface area contributed by atoms with Crippen molar-refractivity contribution < 1.29 is 57.5 Å². The number of likely N-dealkylation sites (tertiary alicyclic amines) is 1. The number of rotatable bonds is 17. The van der Waals surface area contributed by atoms with E-state index in [1.54, 1.807) is 36.4 Å². The summed E-state index contributed by atoms with van der Waals surface area (Å²) in [5, 5.41) is 9.08. The number of methoxy groups -OCH3 is 3. The fraction of sp³-hybridized carbons (Fsp3) is 0.457. The molecule has 2 aromatic carbocycles. The van der Waals surface area contributed by atoms with E-state index in [0.717, 1.165) is 6.08 Å². The van der Waals surface area contributed by atoms with Crippen LogP contribution in [-0.4, -0.2) is 86.7 Å². The van der Waals surface area contributed by atoms with Crippen molar-refractivity contribution >= 4 is 29.6 Å². The topological polar surface area (TPSA) is 164 Å². The number of amides is 1. The Morgan fingerprint density at radius 1 is 1.02 bits per heavy atom. The molecule has 1 saturated heterocycles. The molecule has 13 nitrogen and oxygen atoms in total. The lowest BCUT2D eigenvalue weighted by Gasteiger charge is -2.36. The van der Waals surface area contributed by atoms with Crippen LogP contribution in [0.5, 0.6) is 23.0 Å². The minimum atomic E-state index is -1.35. The highest BCUT2D eigenvalue weighted by molar-refractivity contribution is 6.38. The van der Waals surface area contributed by atoms with E-state index in [0.29, 0.717) is 47.6 Å². The van der Waals surface area contributed by atoms with Crippen molar-refractivity contribution in [3.05, 3.63) is 60.2 Å². The molecule has 1 unspecified atom stereocenters. The van der Waals surface area contributed by atoms with Crippen LogP contribution >= 0.6 is 0 Å². The molecule has 0 spiro atoms. The number of benzene rings is 2. The van der Waals surface area contributed by atoms with Gasteiger partial charge in [0.1, 0.15) is 30.3 Å². The van der Waals surface area contributed by atoms with Gasteiger partial charge in [0.2, 0.25) is 5.78 Å². The summed E-state index contributed by atoms with van der Waals surface area (Å²) in [7, 11) is 4.53. The molecule has 260 valence electrons. The summed E-state index contributed by atoms with van der Waals surface area (Å²) in [5.74, 6) is -2.56. The number of carboxylic acid groups (broad SMARTS) is 1. The van der Waals surface area contributed by atoms with E-state index in [1.807, 2.05) is 0 Å². The quantitative estimate of drug-likeness (QED) is 0.146. The Morgan fingerprint density at radius 2 is 1.73 bits per heavy atom. The first kappa shape index (κ1) is 37.4. The van der Waals surface area contributed by atoms with Crippen LogP contribution in [-0.2, 0) is 39.9 Å². The van der Waals surface area contributed by atoms with Crippen molar-refractivity contribution in [3.63, 3.8) is 0 Å². The molecule has 1 heterocycles. The SMILES string of the molecule is C=CC(=O)OCC(C)(C)C(=O)C(=O)N1CCCCC1C(=O)O[C@H](CCc1c(OC)ccc(OC)c1OC)c1cccc(OCC(=O)O)c1. The van der Waals surface area contributed by atoms with E-state index >= 15 is 0 Å². The maximum absolute atomic E-state index is 13.9. The second-order valence-corrected chi connectivity index (χ2v) is 11.7. The van der Waals surface area contributed by atoms with Crippen molar-refractivity contribution in [3.8, 4) is 23.0 Å². The van der Waals surface area contributed by atoms with Crippen LogP contribution in [0.25, 0.3) is 0 Å². The van der Waals surface area contributed by atoms with Gasteiger partial charge in [-0.25, -0.2) is 14.4 Å². The summed E-state index contributed by atoms with van der Waals surface area (Å²) in [6.07, 6.45) is 2.06. The van der Waals surface area contributed by atoms with Gasteiger partial charge in [-0.05, 0) is 75.8 Å². The number of hydrogen-bond acceptors (Lipinski definition) is 11. The summed E-state index contributed by atoms with van der Waals surface area (Å²) >= 11 is 0. The fourth-order valence-corrected chi connectivity index (χ4v) is 5.35. The lowest BCUT2D eigenvalue weighted by Crippen LogP contribution is -2.53. The van der Waals surface area contributed by atoms with E-state index in [9.17, 15) is 24.0 Å². The molecule has 1 aliphatic rings. The molecular weight excluding hydrogens is 626 g/mol. The van der Waals surface area contributed by atoms with Gasteiger partial charge in [-0.15, -0.1) is 0 Å². The minimum absolute atomic E-state index is 0.161. The molecule has 1 N–H and O–H groups in total. The lowest BCUT2D eigenvalue weighted by atomic mass is 9.87. The van der Waals surface area contributed by atoms with Gasteiger partial charge in [-0.2, -0.15) is 0 Å². The highest BCUT2D eigenvalue weighted by atomic mass is 16.5. The Labute approximate surface area is 279 Å². The number of piperidine rings is 1. The number of hydrogen-bond donors (Lipinski definition) is 1. The number of esters is 2. The number of carbonyl (C=O) groups is 5. The number of carbonyl (C=O) groups excluding carboxylic acids is 4. The van der Waals surface area contributed by atoms with Gasteiger partial charge in [-0.1, -0.05) is 18.7 Å². The van der Waals surface area contributed by atoms with Crippen LogP contribution in [0.2, 0.25) is 0 Å². The van der Waals surface area contributed by atoms with Crippen LogP contribution in [0.15, 0.2) is 49.1 Å². The van der Waals surface area contributed by atoms with Gasteiger partial charge in [0.05, 0.1) is 26.7 Å². The fourth-order valence-electron chi connectivity index (χ4n) is 5.35. The van der Waals surface area contributed by atoms with Gasteiger partial charge in [-0.3, -0.25) is 9.59 Å². The zero-order valence-electron chi connectivity index (χ0n) is 27.9. The van der Waals surface area contributed by atoms with Crippen LogP contribution in [0.4, 0.5) is 0 Å². The monoisotopic (exact) mass is 669 g/mol. The van der Waals surface area contributed by atoms with Crippen molar-refractivity contribution in [1.82, 2.24) is 4.90 Å². The molecule has 3 rings (SSSR count). The highest BCUT2D eigenvalue weighted by Crippen LogP contribution is 2.40. The van der Waals surface area contributed by atoms with E-state index < -0.39 is 53.8 Å². The molecule has 0 bridgehead atoms. The van der Waals surface area contributed by atoms with Crippen LogP contribution in [0.1, 0.15) is 56.8 Å². The Kier molecular flexibility index (Phi) is 13.4. The number of carboxylic acids is 1. The summed E-state index contributed by atoms with van der Waals surface area (Å²) in [6.45, 7) is 5.55. The average molecular weight is 670 g/mol. The first-order valence-electron chi connectivity index (χ1n) is 15.4. The standard InChI is InChI=1S/C35H43NO12/c1-7-30(39)47-21-35(2,3)32(40)33(41)36-18-9-8-13-25(36)34(42)48-26(22-11-10-12-23(19-22)46-20-29(37)38)15-14-24-27(43-4)16-17-28(44-5)31(24)45-6/h7,10-12,16-17,19,25-26H,1,8-9,13-15,18,20-21H2,2-6H3,(H,37,38)/t25?,26-/m1/s1. The molecule has 1 fully saturated rings. The van der Waals surface area contributed by atoms with Gasteiger partial charge in [0.25, 0.3) is 5.91 Å². The van der Waals surface area contributed by atoms with E-state index in [-0.39, 0.29) is 31.7 Å². The summed E-state index contributed by atoms with van der Waals surface area (Å²) in [4.78, 5) is 64.6. The van der Waals surface area contributed by atoms with Gasteiger partial charge in [0, 0.05) is 18.2 Å². The molecule has 0 radical (unpaired) electrons. The van der Waals surface area contributed by atoms with Crippen molar-refractivity contribution in [1.29, 1.82) is 0 Å². The van der Waals surface area contributed by atoms with Gasteiger partial charge < -0.3 is 38.4 Å². The van der Waals surface area contributed by atoms with E-state index in [1.165, 1.54) is 40.1 Å². The molecule has 1 aliphatic heterocycles. The molecule has 0 aromatic heterocycles.